The Morgan fingerprint density at radius 2 is 1.86 bits per heavy atom. The standard InChI is InChI=1S/C12H10ClS/c1-8-3-5-10(6-4-8)12-7-11(13)9(2)14-12/h3-7H,2H2,1H3. The second-order valence-electron chi connectivity index (χ2n) is 3.25. The molecule has 1 radical (unpaired) electrons. The number of halogens is 1. The molecule has 1 heterocycles. The van der Waals surface area contributed by atoms with E-state index in [1.54, 1.807) is 11.3 Å². The topological polar surface area (TPSA) is 0 Å². The van der Waals surface area contributed by atoms with Crippen LogP contribution in [0.2, 0.25) is 5.02 Å². The molecule has 0 amide bonds. The Morgan fingerprint density at radius 3 is 2.36 bits per heavy atom. The van der Waals surface area contributed by atoms with E-state index >= 15 is 0 Å². The van der Waals surface area contributed by atoms with Crippen LogP contribution >= 0.6 is 22.9 Å². The summed E-state index contributed by atoms with van der Waals surface area (Å²) in [6.45, 7) is 5.95. The van der Waals surface area contributed by atoms with Gasteiger partial charge in [0.1, 0.15) is 0 Å². The molecule has 14 heavy (non-hydrogen) atoms. The van der Waals surface area contributed by atoms with Crippen molar-refractivity contribution in [1.82, 2.24) is 0 Å². The minimum absolute atomic E-state index is 0.755. The highest BCUT2D eigenvalue weighted by Gasteiger charge is 2.04. The van der Waals surface area contributed by atoms with Crippen LogP contribution in [-0.2, 0) is 0 Å². The summed E-state index contributed by atoms with van der Waals surface area (Å²) in [4.78, 5) is 2.11. The van der Waals surface area contributed by atoms with Gasteiger partial charge in [-0.2, -0.15) is 0 Å². The molecule has 0 N–H and O–H groups in total. The van der Waals surface area contributed by atoms with Gasteiger partial charge in [0.05, 0.1) is 5.02 Å². The normalized spacial score (nSPS) is 10.5. The molecule has 0 bridgehead atoms. The van der Waals surface area contributed by atoms with E-state index in [1.165, 1.54) is 16.0 Å². The first kappa shape index (κ1) is 9.75. The van der Waals surface area contributed by atoms with Gasteiger partial charge >= 0.3 is 0 Å². The Balaban J connectivity index is 2.44. The highest BCUT2D eigenvalue weighted by Crippen LogP contribution is 2.33. The van der Waals surface area contributed by atoms with Gasteiger partial charge in [0.15, 0.2) is 0 Å². The Labute approximate surface area is 93.2 Å². The second-order valence-corrected chi connectivity index (χ2v) is 4.79. The van der Waals surface area contributed by atoms with Crippen molar-refractivity contribution in [3.63, 3.8) is 0 Å². The first-order valence-corrected chi connectivity index (χ1v) is 5.54. The van der Waals surface area contributed by atoms with E-state index in [0.29, 0.717) is 0 Å². The molecule has 0 aliphatic carbocycles. The van der Waals surface area contributed by atoms with Gasteiger partial charge in [-0.3, -0.25) is 0 Å². The lowest BCUT2D eigenvalue weighted by molar-refractivity contribution is 1.48. The number of hydrogen-bond donors (Lipinski definition) is 0. The molecule has 0 aliphatic rings. The molecule has 0 atom stereocenters. The summed E-state index contributed by atoms with van der Waals surface area (Å²) in [6, 6.07) is 10.4. The molecule has 2 rings (SSSR count). The number of hydrogen-bond acceptors (Lipinski definition) is 1. The van der Waals surface area contributed by atoms with Gasteiger partial charge in [0.25, 0.3) is 0 Å². The van der Waals surface area contributed by atoms with Crippen molar-refractivity contribution in [2.75, 3.05) is 0 Å². The van der Waals surface area contributed by atoms with E-state index in [1.807, 2.05) is 6.07 Å². The Bertz CT molecular complexity index is 420. The van der Waals surface area contributed by atoms with E-state index in [0.717, 1.165) is 9.90 Å². The van der Waals surface area contributed by atoms with Crippen molar-refractivity contribution < 1.29 is 0 Å². The van der Waals surface area contributed by atoms with Crippen LogP contribution in [0, 0.1) is 13.8 Å². The minimum Gasteiger partial charge on any atom is -0.139 e. The summed E-state index contributed by atoms with van der Waals surface area (Å²) >= 11 is 7.59. The van der Waals surface area contributed by atoms with E-state index in [9.17, 15) is 0 Å². The van der Waals surface area contributed by atoms with Crippen molar-refractivity contribution >= 4 is 22.9 Å². The minimum atomic E-state index is 0.755. The summed E-state index contributed by atoms with van der Waals surface area (Å²) < 4.78 is 0. The van der Waals surface area contributed by atoms with Gasteiger partial charge in [0.2, 0.25) is 0 Å². The van der Waals surface area contributed by atoms with Gasteiger partial charge < -0.3 is 0 Å². The third-order valence-corrected chi connectivity index (χ3v) is 3.58. The molecule has 0 aliphatic heterocycles. The Morgan fingerprint density at radius 1 is 1.21 bits per heavy atom. The lowest BCUT2D eigenvalue weighted by Gasteiger charge is -1.97. The first-order valence-electron chi connectivity index (χ1n) is 4.35. The average Bonchev–Trinajstić information content (AvgIpc) is 2.48. The fourth-order valence-corrected chi connectivity index (χ4v) is 2.41. The molecule has 1 aromatic carbocycles. The first-order chi connectivity index (χ1) is 6.66. The zero-order valence-electron chi connectivity index (χ0n) is 7.88. The monoisotopic (exact) mass is 221 g/mol. The molecular formula is C12H10ClS. The zero-order valence-corrected chi connectivity index (χ0v) is 9.45. The Hall–Kier alpha value is -0.790. The maximum Gasteiger partial charge on any atom is 0.0551 e. The summed E-state index contributed by atoms with van der Waals surface area (Å²) in [5.41, 5.74) is 2.48. The number of benzene rings is 1. The maximum absolute atomic E-state index is 5.96. The molecule has 2 aromatic rings. The van der Waals surface area contributed by atoms with E-state index in [4.69, 9.17) is 11.6 Å². The van der Waals surface area contributed by atoms with Crippen molar-refractivity contribution in [3.8, 4) is 10.4 Å². The summed E-state index contributed by atoms with van der Waals surface area (Å²) in [6.07, 6.45) is 0. The van der Waals surface area contributed by atoms with Crippen molar-refractivity contribution in [1.29, 1.82) is 0 Å². The van der Waals surface area contributed by atoms with E-state index in [2.05, 4.69) is 38.1 Å². The van der Waals surface area contributed by atoms with Crippen molar-refractivity contribution in [2.24, 2.45) is 0 Å². The molecule has 0 spiro atoms. The van der Waals surface area contributed by atoms with Gasteiger partial charge in [-0.05, 0) is 25.5 Å². The van der Waals surface area contributed by atoms with Crippen LogP contribution in [0.15, 0.2) is 30.3 Å². The zero-order chi connectivity index (χ0) is 10.1. The summed E-state index contributed by atoms with van der Waals surface area (Å²) in [7, 11) is 0. The van der Waals surface area contributed by atoms with Gasteiger partial charge in [-0.25, -0.2) is 0 Å². The lowest BCUT2D eigenvalue weighted by atomic mass is 10.1. The largest absolute Gasteiger partial charge is 0.139 e. The van der Waals surface area contributed by atoms with E-state index < -0.39 is 0 Å². The van der Waals surface area contributed by atoms with Crippen LogP contribution < -0.4 is 0 Å². The highest BCUT2D eigenvalue weighted by atomic mass is 35.5. The third kappa shape index (κ3) is 1.84. The fraction of sp³-hybridized carbons (Fsp3) is 0.0833. The number of rotatable bonds is 1. The summed E-state index contributed by atoms with van der Waals surface area (Å²) in [5, 5.41) is 0.755. The van der Waals surface area contributed by atoms with Gasteiger partial charge in [-0.1, -0.05) is 41.4 Å². The van der Waals surface area contributed by atoms with Crippen LogP contribution in [0.1, 0.15) is 10.4 Å². The molecule has 0 saturated heterocycles. The van der Waals surface area contributed by atoms with Crippen molar-refractivity contribution in [3.05, 3.63) is 52.7 Å². The molecule has 71 valence electrons. The summed E-state index contributed by atoms with van der Waals surface area (Å²) in [5.74, 6) is 0. The molecule has 0 unspecified atom stereocenters. The maximum atomic E-state index is 5.96. The van der Waals surface area contributed by atoms with E-state index in [-0.39, 0.29) is 0 Å². The number of aryl methyl sites for hydroxylation is 1. The Kier molecular flexibility index (Phi) is 2.62. The highest BCUT2D eigenvalue weighted by molar-refractivity contribution is 7.16. The van der Waals surface area contributed by atoms with Crippen LogP contribution in [0.5, 0.6) is 0 Å². The molecule has 2 heteroatoms. The predicted molar refractivity (Wildman–Crippen MR) is 64.0 cm³/mol. The fourth-order valence-electron chi connectivity index (χ4n) is 1.27. The average molecular weight is 222 g/mol. The quantitative estimate of drug-likeness (QED) is 0.662. The SMILES string of the molecule is [CH2]c1sc(-c2ccc(C)cc2)cc1Cl. The van der Waals surface area contributed by atoms with Gasteiger partial charge in [-0.15, -0.1) is 11.3 Å². The molecule has 0 nitrogen and oxygen atoms in total. The third-order valence-electron chi connectivity index (χ3n) is 2.09. The van der Waals surface area contributed by atoms with Crippen LogP contribution in [0.25, 0.3) is 10.4 Å². The molecule has 1 aromatic heterocycles. The second kappa shape index (κ2) is 3.76. The molecular weight excluding hydrogens is 212 g/mol. The smallest absolute Gasteiger partial charge is 0.0551 e. The predicted octanol–water partition coefficient (Wildman–Crippen LogP) is 4.56. The lowest BCUT2D eigenvalue weighted by Crippen LogP contribution is -1.72. The van der Waals surface area contributed by atoms with Crippen molar-refractivity contribution in [2.45, 2.75) is 6.92 Å². The molecule has 0 fully saturated rings. The van der Waals surface area contributed by atoms with Crippen LogP contribution in [0.3, 0.4) is 0 Å². The van der Waals surface area contributed by atoms with Crippen LogP contribution in [-0.4, -0.2) is 0 Å². The van der Waals surface area contributed by atoms with Gasteiger partial charge in [0, 0.05) is 9.75 Å². The van der Waals surface area contributed by atoms with Crippen LogP contribution in [0.4, 0.5) is 0 Å². The molecule has 0 saturated carbocycles. The number of thiophene rings is 1.